The molecule has 0 aliphatic carbocycles. The monoisotopic (exact) mass is 342 g/mol. The Labute approximate surface area is 143 Å². The van der Waals surface area contributed by atoms with Crippen LogP contribution >= 0.6 is 11.3 Å². The second kappa shape index (κ2) is 6.03. The summed E-state index contributed by atoms with van der Waals surface area (Å²) in [6.07, 6.45) is 0. The van der Waals surface area contributed by atoms with Gasteiger partial charge < -0.3 is 14.1 Å². The molecule has 0 atom stereocenters. The van der Waals surface area contributed by atoms with Crippen molar-refractivity contribution in [2.75, 3.05) is 31.2 Å². The van der Waals surface area contributed by atoms with Gasteiger partial charge in [-0.2, -0.15) is 0 Å². The van der Waals surface area contributed by atoms with E-state index in [1.165, 1.54) is 0 Å². The van der Waals surface area contributed by atoms with Crippen molar-refractivity contribution in [1.29, 1.82) is 0 Å². The number of rotatable bonds is 2. The maximum atomic E-state index is 12.5. The molecule has 4 rings (SSSR count). The second-order valence-corrected chi connectivity index (χ2v) is 6.77. The molecular weight excluding hydrogens is 324 g/mol. The number of nitrogens with zero attached hydrogens (tertiary/aromatic N) is 2. The smallest absolute Gasteiger partial charge is 0.195 e. The fourth-order valence-electron chi connectivity index (χ4n) is 2.86. The predicted molar refractivity (Wildman–Crippen MR) is 96.1 cm³/mol. The van der Waals surface area contributed by atoms with E-state index in [0.717, 1.165) is 42.7 Å². The van der Waals surface area contributed by atoms with Crippen LogP contribution in [0, 0.1) is 13.8 Å². The van der Waals surface area contributed by atoms with Crippen LogP contribution in [0.15, 0.2) is 32.8 Å². The van der Waals surface area contributed by atoms with Crippen molar-refractivity contribution < 1.29 is 9.15 Å². The molecule has 5 nitrogen and oxygen atoms in total. The number of thiazole rings is 1. The zero-order valence-electron chi connectivity index (χ0n) is 13.7. The highest BCUT2D eigenvalue weighted by molar-refractivity contribution is 7.14. The Balaban J connectivity index is 1.74. The number of morpholine rings is 1. The first kappa shape index (κ1) is 15.4. The number of hydrogen-bond donors (Lipinski definition) is 0. The lowest BCUT2D eigenvalue weighted by Gasteiger charge is -2.26. The molecule has 124 valence electrons. The van der Waals surface area contributed by atoms with E-state index in [-0.39, 0.29) is 5.43 Å². The number of aromatic nitrogens is 1. The molecule has 2 aromatic heterocycles. The van der Waals surface area contributed by atoms with Gasteiger partial charge in [0.15, 0.2) is 10.6 Å². The molecular formula is C18H18N2O3S. The van der Waals surface area contributed by atoms with Gasteiger partial charge in [-0.15, -0.1) is 11.3 Å². The molecule has 0 N–H and O–H groups in total. The molecule has 0 spiro atoms. The molecule has 1 aliphatic rings. The van der Waals surface area contributed by atoms with Crippen LogP contribution in [-0.4, -0.2) is 31.3 Å². The fraction of sp³-hybridized carbons (Fsp3) is 0.333. The van der Waals surface area contributed by atoms with E-state index < -0.39 is 0 Å². The van der Waals surface area contributed by atoms with E-state index in [1.807, 2.05) is 30.5 Å². The molecule has 1 aromatic carbocycles. The van der Waals surface area contributed by atoms with Gasteiger partial charge in [0.25, 0.3) is 0 Å². The lowest BCUT2D eigenvalue weighted by atomic mass is 10.1. The summed E-state index contributed by atoms with van der Waals surface area (Å²) in [7, 11) is 0. The summed E-state index contributed by atoms with van der Waals surface area (Å²) in [5, 5.41) is 3.64. The van der Waals surface area contributed by atoms with Crippen molar-refractivity contribution in [2.24, 2.45) is 0 Å². The van der Waals surface area contributed by atoms with Gasteiger partial charge in [-0.3, -0.25) is 4.79 Å². The van der Waals surface area contributed by atoms with Gasteiger partial charge in [-0.1, -0.05) is 0 Å². The summed E-state index contributed by atoms with van der Waals surface area (Å²) < 4.78 is 11.1. The van der Waals surface area contributed by atoms with Crippen LogP contribution in [0.5, 0.6) is 0 Å². The fourth-order valence-corrected chi connectivity index (χ4v) is 3.74. The molecule has 24 heavy (non-hydrogen) atoms. The van der Waals surface area contributed by atoms with Crippen molar-refractivity contribution in [2.45, 2.75) is 13.8 Å². The molecule has 6 heteroatoms. The minimum Gasteiger partial charge on any atom is -0.461 e. The van der Waals surface area contributed by atoms with Crippen molar-refractivity contribution in [3.63, 3.8) is 0 Å². The molecule has 0 amide bonds. The number of benzene rings is 1. The molecule has 0 saturated carbocycles. The summed E-state index contributed by atoms with van der Waals surface area (Å²) >= 11 is 1.62. The first-order valence-electron chi connectivity index (χ1n) is 7.96. The van der Waals surface area contributed by atoms with Gasteiger partial charge in [-0.25, -0.2) is 4.98 Å². The van der Waals surface area contributed by atoms with Crippen LogP contribution in [0.3, 0.4) is 0 Å². The molecule has 1 fully saturated rings. The number of ether oxygens (including phenoxy) is 1. The largest absolute Gasteiger partial charge is 0.461 e. The van der Waals surface area contributed by atoms with Crippen LogP contribution in [0.2, 0.25) is 0 Å². The van der Waals surface area contributed by atoms with Crippen LogP contribution in [0.4, 0.5) is 5.13 Å². The van der Waals surface area contributed by atoms with Crippen LogP contribution < -0.4 is 10.3 Å². The molecule has 3 heterocycles. The third-order valence-corrected chi connectivity index (χ3v) is 5.33. The molecule has 0 bridgehead atoms. The topological polar surface area (TPSA) is 55.6 Å². The van der Waals surface area contributed by atoms with Gasteiger partial charge in [0.05, 0.1) is 24.3 Å². The number of anilines is 1. The molecule has 1 aliphatic heterocycles. The van der Waals surface area contributed by atoms with E-state index in [0.29, 0.717) is 22.3 Å². The van der Waals surface area contributed by atoms with E-state index in [9.17, 15) is 4.79 Å². The minimum absolute atomic E-state index is 0.0271. The zero-order valence-corrected chi connectivity index (χ0v) is 14.5. The standard InChI is InChI=1S/C18H18N2O3S/c1-11-12(2)23-16-4-3-13(9-14(16)17(11)21)15-10-24-18(19-15)20-5-7-22-8-6-20/h3-4,9-10H,5-8H2,1-2H3. The normalized spacial score (nSPS) is 15.2. The van der Waals surface area contributed by atoms with E-state index >= 15 is 0 Å². The number of fused-ring (bicyclic) bond motifs is 1. The van der Waals surface area contributed by atoms with E-state index in [1.54, 1.807) is 18.3 Å². The number of aryl methyl sites for hydroxylation is 1. The Morgan fingerprint density at radius 2 is 2.00 bits per heavy atom. The predicted octanol–water partition coefficient (Wildman–Crippen LogP) is 3.37. The van der Waals surface area contributed by atoms with Crippen LogP contribution in [-0.2, 0) is 4.74 Å². The minimum atomic E-state index is 0.0271. The first-order valence-corrected chi connectivity index (χ1v) is 8.84. The Morgan fingerprint density at radius 1 is 1.21 bits per heavy atom. The summed E-state index contributed by atoms with van der Waals surface area (Å²) in [4.78, 5) is 19.5. The highest BCUT2D eigenvalue weighted by Gasteiger charge is 2.16. The lowest BCUT2D eigenvalue weighted by molar-refractivity contribution is 0.122. The summed E-state index contributed by atoms with van der Waals surface area (Å²) in [6, 6.07) is 5.69. The summed E-state index contributed by atoms with van der Waals surface area (Å²) in [6.45, 7) is 6.83. The SMILES string of the molecule is Cc1oc2ccc(-c3csc(N4CCOCC4)n3)cc2c(=O)c1C. The summed E-state index contributed by atoms with van der Waals surface area (Å²) in [5.74, 6) is 0.670. The molecule has 3 aromatic rings. The Morgan fingerprint density at radius 3 is 2.79 bits per heavy atom. The van der Waals surface area contributed by atoms with Crippen LogP contribution in [0.25, 0.3) is 22.2 Å². The molecule has 0 unspecified atom stereocenters. The Hall–Kier alpha value is -2.18. The first-order chi connectivity index (χ1) is 11.6. The zero-order chi connectivity index (χ0) is 16.7. The van der Waals surface area contributed by atoms with Gasteiger partial charge in [0.1, 0.15) is 11.3 Å². The van der Waals surface area contributed by atoms with Crippen LogP contribution in [0.1, 0.15) is 11.3 Å². The third kappa shape index (κ3) is 2.61. The average Bonchev–Trinajstić information content (AvgIpc) is 3.10. The maximum Gasteiger partial charge on any atom is 0.195 e. The van der Waals surface area contributed by atoms with Crippen molar-refractivity contribution in [3.8, 4) is 11.3 Å². The second-order valence-electron chi connectivity index (χ2n) is 5.94. The molecule has 0 radical (unpaired) electrons. The van der Waals surface area contributed by atoms with Crippen molar-refractivity contribution in [3.05, 3.63) is 45.1 Å². The van der Waals surface area contributed by atoms with Crippen molar-refractivity contribution in [1.82, 2.24) is 4.98 Å². The van der Waals surface area contributed by atoms with E-state index in [2.05, 4.69) is 4.90 Å². The van der Waals surface area contributed by atoms with Crippen molar-refractivity contribution >= 4 is 27.4 Å². The lowest BCUT2D eigenvalue weighted by Crippen LogP contribution is -2.36. The quantitative estimate of drug-likeness (QED) is 0.715. The Bertz CT molecular complexity index is 955. The van der Waals surface area contributed by atoms with Gasteiger partial charge in [-0.05, 0) is 32.0 Å². The highest BCUT2D eigenvalue weighted by Crippen LogP contribution is 2.29. The van der Waals surface area contributed by atoms with Gasteiger partial charge in [0, 0.05) is 29.6 Å². The van der Waals surface area contributed by atoms with E-state index in [4.69, 9.17) is 14.1 Å². The van der Waals surface area contributed by atoms with Gasteiger partial charge >= 0.3 is 0 Å². The molecule has 1 saturated heterocycles. The highest BCUT2D eigenvalue weighted by atomic mass is 32.1. The maximum absolute atomic E-state index is 12.5. The average molecular weight is 342 g/mol. The third-order valence-electron chi connectivity index (χ3n) is 4.43. The number of hydrogen-bond acceptors (Lipinski definition) is 6. The van der Waals surface area contributed by atoms with Gasteiger partial charge in [0.2, 0.25) is 0 Å². The Kier molecular flexibility index (Phi) is 3.86. The summed E-state index contributed by atoms with van der Waals surface area (Å²) in [5.41, 5.74) is 3.14.